The molecule has 2 atom stereocenters. The largest absolute Gasteiger partial charge is 0.422 e. The monoisotopic (exact) mass is 393 g/mol. The van der Waals surface area contributed by atoms with E-state index in [9.17, 15) is 14.0 Å². The number of benzene rings is 2. The SMILES string of the molecule is CC1CCCCC1N(Cc1ccccc1F)C(=O)c1cc2ccccc2oc1=O. The molecule has 0 radical (unpaired) electrons. The first-order valence-corrected chi connectivity index (χ1v) is 10.1. The molecule has 1 aliphatic carbocycles. The van der Waals surface area contributed by atoms with Gasteiger partial charge in [0.05, 0.1) is 0 Å². The number of hydrogen-bond donors (Lipinski definition) is 0. The second kappa shape index (κ2) is 8.19. The van der Waals surface area contributed by atoms with Crippen molar-refractivity contribution >= 4 is 16.9 Å². The fourth-order valence-electron chi connectivity index (χ4n) is 4.28. The van der Waals surface area contributed by atoms with Crippen LogP contribution < -0.4 is 5.63 Å². The van der Waals surface area contributed by atoms with E-state index in [0.29, 0.717) is 16.5 Å². The van der Waals surface area contributed by atoms with Crippen LogP contribution in [0.25, 0.3) is 11.0 Å². The normalized spacial score (nSPS) is 19.2. The van der Waals surface area contributed by atoms with Gasteiger partial charge in [0.1, 0.15) is 17.0 Å². The molecule has 0 saturated heterocycles. The van der Waals surface area contributed by atoms with Gasteiger partial charge in [-0.1, -0.05) is 56.2 Å². The quantitative estimate of drug-likeness (QED) is 0.576. The molecule has 1 fully saturated rings. The lowest BCUT2D eigenvalue weighted by atomic mass is 9.84. The number of carbonyl (C=O) groups is 1. The molecule has 0 aliphatic heterocycles. The summed E-state index contributed by atoms with van der Waals surface area (Å²) in [6.45, 7) is 2.25. The first-order chi connectivity index (χ1) is 14.0. The van der Waals surface area contributed by atoms with Crippen LogP contribution in [0.3, 0.4) is 0 Å². The van der Waals surface area contributed by atoms with Gasteiger partial charge in [-0.25, -0.2) is 9.18 Å². The van der Waals surface area contributed by atoms with Gasteiger partial charge < -0.3 is 9.32 Å². The van der Waals surface area contributed by atoms with Gasteiger partial charge in [-0.05, 0) is 37.0 Å². The van der Waals surface area contributed by atoms with Gasteiger partial charge >= 0.3 is 5.63 Å². The Kier molecular flexibility index (Phi) is 5.47. The summed E-state index contributed by atoms with van der Waals surface area (Å²) in [4.78, 5) is 27.8. The fourth-order valence-corrected chi connectivity index (χ4v) is 4.28. The molecule has 1 amide bonds. The van der Waals surface area contributed by atoms with Crippen LogP contribution in [-0.4, -0.2) is 16.8 Å². The van der Waals surface area contributed by atoms with E-state index < -0.39 is 11.5 Å². The Hall–Kier alpha value is -2.95. The summed E-state index contributed by atoms with van der Waals surface area (Å²) in [5, 5.41) is 0.693. The Bertz CT molecular complexity index is 1090. The Morgan fingerprint density at radius 1 is 1.10 bits per heavy atom. The Balaban J connectivity index is 1.76. The summed E-state index contributed by atoms with van der Waals surface area (Å²) in [5.41, 5.74) is 0.234. The van der Waals surface area contributed by atoms with Gasteiger partial charge in [0.25, 0.3) is 5.91 Å². The maximum Gasteiger partial charge on any atom is 0.349 e. The number of halogens is 1. The van der Waals surface area contributed by atoms with Crippen LogP contribution in [0.2, 0.25) is 0 Å². The molecule has 0 bridgehead atoms. The molecule has 0 N–H and O–H groups in total. The molecule has 3 aromatic rings. The molecular weight excluding hydrogens is 369 g/mol. The second-order valence-electron chi connectivity index (χ2n) is 7.84. The smallest absolute Gasteiger partial charge is 0.349 e. The number of amides is 1. The van der Waals surface area contributed by atoms with Gasteiger partial charge in [0, 0.05) is 23.5 Å². The number of hydrogen-bond acceptors (Lipinski definition) is 3. The highest BCUT2D eigenvalue weighted by Crippen LogP contribution is 2.30. The van der Waals surface area contributed by atoms with E-state index in [1.54, 1.807) is 47.4 Å². The van der Waals surface area contributed by atoms with Crippen LogP contribution in [0.1, 0.15) is 48.5 Å². The molecule has 2 aromatic carbocycles. The number of nitrogens with zero attached hydrogens (tertiary/aromatic N) is 1. The maximum absolute atomic E-state index is 14.3. The minimum absolute atomic E-state index is 0.00203. The van der Waals surface area contributed by atoms with E-state index in [-0.39, 0.29) is 29.9 Å². The molecule has 0 spiro atoms. The Morgan fingerprint density at radius 3 is 2.62 bits per heavy atom. The Labute approximate surface area is 169 Å². The summed E-state index contributed by atoms with van der Waals surface area (Å²) in [6.07, 6.45) is 4.00. The summed E-state index contributed by atoms with van der Waals surface area (Å²) < 4.78 is 19.7. The molecular formula is C24H24FNO3. The minimum Gasteiger partial charge on any atom is -0.422 e. The number of carbonyl (C=O) groups excluding carboxylic acids is 1. The summed E-state index contributed by atoms with van der Waals surface area (Å²) >= 11 is 0. The van der Waals surface area contributed by atoms with Crippen molar-refractivity contribution < 1.29 is 13.6 Å². The molecule has 2 unspecified atom stereocenters. The van der Waals surface area contributed by atoms with Gasteiger partial charge in [0.2, 0.25) is 0 Å². The number of para-hydroxylation sites is 1. The van der Waals surface area contributed by atoms with Crippen molar-refractivity contribution in [1.29, 1.82) is 0 Å². The van der Waals surface area contributed by atoms with E-state index in [0.717, 1.165) is 25.7 Å². The Morgan fingerprint density at radius 2 is 1.83 bits per heavy atom. The van der Waals surface area contributed by atoms with Crippen molar-refractivity contribution in [1.82, 2.24) is 4.90 Å². The highest BCUT2D eigenvalue weighted by atomic mass is 19.1. The van der Waals surface area contributed by atoms with Gasteiger partial charge in [-0.2, -0.15) is 0 Å². The third-order valence-corrected chi connectivity index (χ3v) is 5.90. The van der Waals surface area contributed by atoms with Crippen molar-refractivity contribution in [2.24, 2.45) is 5.92 Å². The molecule has 1 aromatic heterocycles. The zero-order valence-corrected chi connectivity index (χ0v) is 16.4. The van der Waals surface area contributed by atoms with Crippen LogP contribution in [0.4, 0.5) is 4.39 Å². The van der Waals surface area contributed by atoms with Gasteiger partial charge in [-0.15, -0.1) is 0 Å². The highest BCUT2D eigenvalue weighted by molar-refractivity contribution is 5.96. The molecule has 150 valence electrons. The van der Waals surface area contributed by atoms with Gasteiger partial charge in [-0.3, -0.25) is 4.79 Å². The van der Waals surface area contributed by atoms with Crippen LogP contribution >= 0.6 is 0 Å². The zero-order chi connectivity index (χ0) is 20.4. The number of rotatable bonds is 4. The highest BCUT2D eigenvalue weighted by Gasteiger charge is 2.33. The minimum atomic E-state index is -0.657. The lowest BCUT2D eigenvalue weighted by Gasteiger charge is -2.38. The van der Waals surface area contributed by atoms with Crippen molar-refractivity contribution in [2.75, 3.05) is 0 Å². The topological polar surface area (TPSA) is 50.5 Å². The lowest BCUT2D eigenvalue weighted by Crippen LogP contribution is -2.46. The summed E-state index contributed by atoms with van der Waals surface area (Å²) in [5.74, 6) is -0.460. The van der Waals surface area contributed by atoms with Gasteiger partial charge in [0.15, 0.2) is 0 Å². The van der Waals surface area contributed by atoms with Crippen molar-refractivity contribution in [3.63, 3.8) is 0 Å². The zero-order valence-electron chi connectivity index (χ0n) is 16.4. The van der Waals surface area contributed by atoms with E-state index in [1.807, 2.05) is 6.07 Å². The molecule has 1 heterocycles. The van der Waals surface area contributed by atoms with Crippen LogP contribution in [-0.2, 0) is 6.54 Å². The molecule has 4 nitrogen and oxygen atoms in total. The third-order valence-electron chi connectivity index (χ3n) is 5.90. The van der Waals surface area contributed by atoms with Crippen molar-refractivity contribution in [3.05, 3.63) is 82.0 Å². The van der Waals surface area contributed by atoms with Crippen LogP contribution in [0.5, 0.6) is 0 Å². The predicted molar refractivity (Wildman–Crippen MR) is 110 cm³/mol. The standard InChI is InChI=1S/C24H24FNO3/c1-16-8-2-6-12-21(16)26(15-18-10-3-5-11-20(18)25)23(27)19-14-17-9-4-7-13-22(17)29-24(19)28/h3-5,7,9-11,13-14,16,21H,2,6,8,12,15H2,1H3. The molecule has 1 saturated carbocycles. The van der Waals surface area contributed by atoms with E-state index in [4.69, 9.17) is 4.42 Å². The van der Waals surface area contributed by atoms with Crippen molar-refractivity contribution in [3.8, 4) is 0 Å². The summed E-state index contributed by atoms with van der Waals surface area (Å²) in [7, 11) is 0. The molecule has 4 rings (SSSR count). The molecule has 5 heteroatoms. The van der Waals surface area contributed by atoms with E-state index >= 15 is 0 Å². The average Bonchev–Trinajstić information content (AvgIpc) is 2.73. The predicted octanol–water partition coefficient (Wildman–Crippen LogP) is 5.15. The summed E-state index contributed by atoms with van der Waals surface area (Å²) in [6, 6.07) is 15.1. The first kappa shape index (κ1) is 19.4. The number of fused-ring (bicyclic) bond motifs is 1. The average molecular weight is 393 g/mol. The van der Waals surface area contributed by atoms with E-state index in [2.05, 4.69) is 6.92 Å². The maximum atomic E-state index is 14.3. The van der Waals surface area contributed by atoms with Crippen LogP contribution in [0, 0.1) is 11.7 Å². The van der Waals surface area contributed by atoms with E-state index in [1.165, 1.54) is 6.07 Å². The third kappa shape index (κ3) is 3.95. The van der Waals surface area contributed by atoms with Crippen LogP contribution in [0.15, 0.2) is 63.8 Å². The molecule has 1 aliphatic rings. The van der Waals surface area contributed by atoms with Crippen molar-refractivity contribution in [2.45, 2.75) is 45.2 Å². The first-order valence-electron chi connectivity index (χ1n) is 10.1. The lowest BCUT2D eigenvalue weighted by molar-refractivity contribution is 0.0522. The second-order valence-corrected chi connectivity index (χ2v) is 7.84. The molecule has 29 heavy (non-hydrogen) atoms. The fraction of sp³-hybridized carbons (Fsp3) is 0.333.